The van der Waals surface area contributed by atoms with Gasteiger partial charge in [-0.25, -0.2) is 4.98 Å². The Morgan fingerprint density at radius 1 is 1.39 bits per heavy atom. The maximum Gasteiger partial charge on any atom is 0.183 e. The first-order valence-electron chi connectivity index (χ1n) is 6.19. The minimum Gasteiger partial charge on any atom is -0.381 e. The Morgan fingerprint density at radius 2 is 2.22 bits per heavy atom. The second-order valence-corrected chi connectivity index (χ2v) is 6.51. The highest BCUT2D eigenvalue weighted by molar-refractivity contribution is 9.10. The fraction of sp³-hybridized carbons (Fsp3) is 0.462. The summed E-state index contributed by atoms with van der Waals surface area (Å²) in [6.07, 6.45) is 2.31. The highest BCUT2D eigenvalue weighted by Crippen LogP contribution is 2.28. The standard InChI is InChI=1S/C13H15BrN2OS/c14-10-1-2-12-11(7-10)16-13(18-12)15-8-9-3-5-17-6-4-9/h1-2,7,9H,3-6,8H2,(H,15,16). The quantitative estimate of drug-likeness (QED) is 0.928. The van der Waals surface area contributed by atoms with Gasteiger partial charge in [-0.1, -0.05) is 27.3 Å². The maximum atomic E-state index is 5.37. The molecule has 2 heterocycles. The first-order valence-corrected chi connectivity index (χ1v) is 7.80. The molecule has 1 aliphatic heterocycles. The monoisotopic (exact) mass is 326 g/mol. The van der Waals surface area contributed by atoms with E-state index in [0.717, 1.165) is 53.6 Å². The van der Waals surface area contributed by atoms with Crippen LogP contribution < -0.4 is 5.32 Å². The van der Waals surface area contributed by atoms with E-state index < -0.39 is 0 Å². The predicted octanol–water partition coefficient (Wildman–Crippen LogP) is 3.90. The summed E-state index contributed by atoms with van der Waals surface area (Å²) >= 11 is 5.19. The summed E-state index contributed by atoms with van der Waals surface area (Å²) in [5.74, 6) is 0.720. The Labute approximate surface area is 119 Å². The van der Waals surface area contributed by atoms with Crippen LogP contribution in [0, 0.1) is 5.92 Å². The van der Waals surface area contributed by atoms with Gasteiger partial charge in [-0.05, 0) is 37.0 Å². The molecule has 0 radical (unpaired) electrons. The van der Waals surface area contributed by atoms with Crippen LogP contribution >= 0.6 is 27.3 Å². The van der Waals surface area contributed by atoms with Crippen LogP contribution in [0.3, 0.4) is 0 Å². The van der Waals surface area contributed by atoms with E-state index in [1.807, 2.05) is 0 Å². The summed E-state index contributed by atoms with van der Waals surface area (Å²) in [4.78, 5) is 4.60. The van der Waals surface area contributed by atoms with Crippen LogP contribution in [0.5, 0.6) is 0 Å². The molecule has 0 atom stereocenters. The zero-order valence-corrected chi connectivity index (χ0v) is 12.4. The minimum atomic E-state index is 0.720. The molecule has 1 saturated heterocycles. The smallest absolute Gasteiger partial charge is 0.183 e. The molecule has 0 bridgehead atoms. The number of hydrogen-bond donors (Lipinski definition) is 1. The molecular formula is C13H15BrN2OS. The van der Waals surface area contributed by atoms with Crippen molar-refractivity contribution in [2.75, 3.05) is 25.1 Å². The number of ether oxygens (including phenoxy) is 1. The van der Waals surface area contributed by atoms with Crippen LogP contribution in [0.2, 0.25) is 0 Å². The molecule has 1 fully saturated rings. The van der Waals surface area contributed by atoms with Gasteiger partial charge in [-0.3, -0.25) is 0 Å². The van der Waals surface area contributed by atoms with Crippen LogP contribution in [0.4, 0.5) is 5.13 Å². The van der Waals surface area contributed by atoms with Crippen molar-refractivity contribution in [2.24, 2.45) is 5.92 Å². The lowest BCUT2D eigenvalue weighted by atomic mass is 10.0. The third-order valence-electron chi connectivity index (χ3n) is 3.23. The average Bonchev–Trinajstić information content (AvgIpc) is 2.79. The lowest BCUT2D eigenvalue weighted by Crippen LogP contribution is -2.22. The molecule has 18 heavy (non-hydrogen) atoms. The Hall–Kier alpha value is -0.650. The fourth-order valence-electron chi connectivity index (χ4n) is 2.16. The molecule has 0 amide bonds. The Morgan fingerprint density at radius 3 is 3.06 bits per heavy atom. The molecule has 0 saturated carbocycles. The van der Waals surface area contributed by atoms with E-state index in [1.54, 1.807) is 11.3 Å². The van der Waals surface area contributed by atoms with Crippen LogP contribution in [0.25, 0.3) is 10.2 Å². The topological polar surface area (TPSA) is 34.1 Å². The van der Waals surface area contributed by atoms with E-state index in [-0.39, 0.29) is 0 Å². The van der Waals surface area contributed by atoms with Crippen molar-refractivity contribution in [1.29, 1.82) is 0 Å². The third-order valence-corrected chi connectivity index (χ3v) is 4.72. The van der Waals surface area contributed by atoms with Crippen LogP contribution in [-0.2, 0) is 4.74 Å². The molecule has 2 aromatic rings. The minimum absolute atomic E-state index is 0.720. The van der Waals surface area contributed by atoms with Gasteiger partial charge in [0.05, 0.1) is 10.2 Å². The maximum absolute atomic E-state index is 5.37. The number of benzene rings is 1. The lowest BCUT2D eigenvalue weighted by molar-refractivity contribution is 0.0699. The largest absolute Gasteiger partial charge is 0.381 e. The number of rotatable bonds is 3. The number of thiazole rings is 1. The van der Waals surface area contributed by atoms with Crippen LogP contribution in [0.1, 0.15) is 12.8 Å². The van der Waals surface area contributed by atoms with E-state index in [4.69, 9.17) is 4.74 Å². The Bertz CT molecular complexity index is 537. The molecule has 0 spiro atoms. The summed E-state index contributed by atoms with van der Waals surface area (Å²) in [5, 5.41) is 4.48. The van der Waals surface area contributed by atoms with E-state index in [0.29, 0.717) is 0 Å². The molecule has 3 rings (SSSR count). The zero-order valence-electron chi connectivity index (χ0n) is 9.99. The molecule has 1 aromatic heterocycles. The van der Waals surface area contributed by atoms with E-state index in [2.05, 4.69) is 44.4 Å². The van der Waals surface area contributed by atoms with Crippen LogP contribution in [0.15, 0.2) is 22.7 Å². The normalized spacial score (nSPS) is 17.2. The highest BCUT2D eigenvalue weighted by atomic mass is 79.9. The van der Waals surface area contributed by atoms with Gasteiger partial charge >= 0.3 is 0 Å². The average molecular weight is 327 g/mol. The Balaban J connectivity index is 1.67. The third kappa shape index (κ3) is 2.84. The van der Waals surface area contributed by atoms with E-state index >= 15 is 0 Å². The van der Waals surface area contributed by atoms with E-state index in [1.165, 1.54) is 4.70 Å². The molecular weight excluding hydrogens is 312 g/mol. The lowest BCUT2D eigenvalue weighted by Gasteiger charge is -2.21. The van der Waals surface area contributed by atoms with Crippen molar-refractivity contribution < 1.29 is 4.74 Å². The van der Waals surface area contributed by atoms with Crippen molar-refractivity contribution in [3.63, 3.8) is 0 Å². The highest BCUT2D eigenvalue weighted by Gasteiger charge is 2.14. The van der Waals surface area contributed by atoms with Gasteiger partial charge < -0.3 is 10.1 Å². The van der Waals surface area contributed by atoms with Crippen LogP contribution in [-0.4, -0.2) is 24.7 Å². The Kier molecular flexibility index (Phi) is 3.82. The number of nitrogens with one attached hydrogen (secondary N) is 1. The van der Waals surface area contributed by atoms with Crippen molar-refractivity contribution in [3.8, 4) is 0 Å². The van der Waals surface area contributed by atoms with Gasteiger partial charge in [0.25, 0.3) is 0 Å². The first kappa shape index (κ1) is 12.4. The molecule has 96 valence electrons. The first-order chi connectivity index (χ1) is 8.81. The summed E-state index contributed by atoms with van der Waals surface area (Å²) in [6, 6.07) is 6.23. The molecule has 3 nitrogen and oxygen atoms in total. The number of fused-ring (bicyclic) bond motifs is 1. The summed E-state index contributed by atoms with van der Waals surface area (Å²) in [6.45, 7) is 2.81. The van der Waals surface area contributed by atoms with Crippen molar-refractivity contribution in [2.45, 2.75) is 12.8 Å². The zero-order chi connectivity index (χ0) is 12.4. The summed E-state index contributed by atoms with van der Waals surface area (Å²) in [7, 11) is 0. The van der Waals surface area contributed by atoms with Crippen molar-refractivity contribution in [3.05, 3.63) is 22.7 Å². The molecule has 1 aliphatic rings. The second-order valence-electron chi connectivity index (χ2n) is 4.57. The molecule has 5 heteroatoms. The molecule has 1 N–H and O–H groups in total. The summed E-state index contributed by atoms with van der Waals surface area (Å²) < 4.78 is 7.68. The summed E-state index contributed by atoms with van der Waals surface area (Å²) in [5.41, 5.74) is 1.06. The molecule has 0 unspecified atom stereocenters. The number of aromatic nitrogens is 1. The van der Waals surface area contributed by atoms with Gasteiger partial charge in [0.15, 0.2) is 5.13 Å². The number of halogens is 1. The number of anilines is 1. The number of hydrogen-bond acceptors (Lipinski definition) is 4. The SMILES string of the molecule is Brc1ccc2sc(NCC3CCOCC3)nc2c1. The van der Waals surface area contributed by atoms with Gasteiger partial charge in [-0.2, -0.15) is 0 Å². The van der Waals surface area contributed by atoms with Gasteiger partial charge in [0.2, 0.25) is 0 Å². The predicted molar refractivity (Wildman–Crippen MR) is 79.4 cm³/mol. The van der Waals surface area contributed by atoms with Gasteiger partial charge in [0, 0.05) is 24.2 Å². The molecule has 0 aliphatic carbocycles. The number of nitrogens with zero attached hydrogens (tertiary/aromatic N) is 1. The second kappa shape index (κ2) is 5.55. The molecule has 1 aromatic carbocycles. The van der Waals surface area contributed by atoms with Gasteiger partial charge in [0.1, 0.15) is 0 Å². The van der Waals surface area contributed by atoms with E-state index in [9.17, 15) is 0 Å². The van der Waals surface area contributed by atoms with Crippen molar-refractivity contribution >= 4 is 42.6 Å². The fourth-order valence-corrected chi connectivity index (χ4v) is 3.36. The van der Waals surface area contributed by atoms with Crippen molar-refractivity contribution in [1.82, 2.24) is 4.98 Å². The van der Waals surface area contributed by atoms with Gasteiger partial charge in [-0.15, -0.1) is 0 Å².